The number of hydrogen-bond acceptors (Lipinski definition) is 3. The molecule has 6 heteroatoms. The second-order valence-electron chi connectivity index (χ2n) is 2.48. The molecule has 0 bridgehead atoms. The summed E-state index contributed by atoms with van der Waals surface area (Å²) in [5.41, 5.74) is 9.37. The Morgan fingerprint density at radius 2 is 2.00 bits per heavy atom. The van der Waals surface area contributed by atoms with E-state index in [4.69, 9.17) is 11.5 Å². The van der Waals surface area contributed by atoms with Crippen molar-refractivity contribution < 1.29 is 13.2 Å². The van der Waals surface area contributed by atoms with Crippen LogP contribution in [-0.4, -0.2) is 4.98 Å². The Bertz CT molecular complexity index is 308. The van der Waals surface area contributed by atoms with Crippen LogP contribution in [0.25, 0.3) is 0 Å². The molecule has 0 aliphatic carbocycles. The molecule has 0 radical (unpaired) electrons. The van der Waals surface area contributed by atoms with Crippen LogP contribution in [0.5, 0.6) is 0 Å². The Morgan fingerprint density at radius 1 is 1.38 bits per heavy atom. The summed E-state index contributed by atoms with van der Waals surface area (Å²) in [6.45, 7) is 0.120. The molecule has 0 atom stereocenters. The van der Waals surface area contributed by atoms with E-state index in [9.17, 15) is 13.2 Å². The van der Waals surface area contributed by atoms with Gasteiger partial charge in [0.25, 0.3) is 0 Å². The number of nitrogens with two attached hydrogens (primary N) is 2. The monoisotopic (exact) mass is 191 g/mol. The Morgan fingerprint density at radius 3 is 2.38 bits per heavy atom. The quantitative estimate of drug-likeness (QED) is 0.699. The Balaban J connectivity index is 3.13. The number of anilines is 1. The van der Waals surface area contributed by atoms with Crippen molar-refractivity contribution in [3.8, 4) is 0 Å². The van der Waals surface area contributed by atoms with Crippen LogP contribution in [-0.2, 0) is 12.7 Å². The number of pyridine rings is 1. The molecule has 0 amide bonds. The van der Waals surface area contributed by atoms with Crippen molar-refractivity contribution in [2.75, 3.05) is 5.73 Å². The first kappa shape index (κ1) is 9.79. The molecule has 1 heterocycles. The van der Waals surface area contributed by atoms with E-state index in [1.54, 1.807) is 0 Å². The number of hydrogen-bond donors (Lipinski definition) is 2. The van der Waals surface area contributed by atoms with Crippen molar-refractivity contribution in [1.82, 2.24) is 4.98 Å². The van der Waals surface area contributed by atoms with E-state index < -0.39 is 17.6 Å². The number of rotatable bonds is 1. The molecule has 0 spiro atoms. The third-order valence-corrected chi connectivity index (χ3v) is 1.48. The molecule has 4 N–H and O–H groups in total. The zero-order valence-electron chi connectivity index (χ0n) is 6.60. The standard InChI is InChI=1S/C7H8F3N3/c8-7(9,10)6-5(12)1-4(2-11)3-13-6/h1,3H,2,11-12H2. The first-order valence-electron chi connectivity index (χ1n) is 3.47. The zero-order chi connectivity index (χ0) is 10.1. The fraction of sp³-hybridized carbons (Fsp3) is 0.286. The van der Waals surface area contributed by atoms with Crippen molar-refractivity contribution in [2.24, 2.45) is 5.73 Å². The van der Waals surface area contributed by atoms with Crippen molar-refractivity contribution in [1.29, 1.82) is 0 Å². The molecule has 0 aromatic carbocycles. The lowest BCUT2D eigenvalue weighted by molar-refractivity contribution is -0.140. The van der Waals surface area contributed by atoms with E-state index >= 15 is 0 Å². The summed E-state index contributed by atoms with van der Waals surface area (Å²) in [7, 11) is 0. The van der Waals surface area contributed by atoms with Crippen molar-refractivity contribution >= 4 is 5.69 Å². The van der Waals surface area contributed by atoms with E-state index in [1.165, 1.54) is 6.07 Å². The molecule has 1 aromatic heterocycles. The van der Waals surface area contributed by atoms with Gasteiger partial charge in [0.05, 0.1) is 5.69 Å². The molecule has 0 saturated carbocycles. The molecular weight excluding hydrogens is 183 g/mol. The van der Waals surface area contributed by atoms with Gasteiger partial charge in [0.1, 0.15) is 0 Å². The predicted octanol–water partition coefficient (Wildman–Crippen LogP) is 1.14. The number of halogens is 3. The first-order chi connectivity index (χ1) is 5.95. The van der Waals surface area contributed by atoms with E-state index in [-0.39, 0.29) is 6.54 Å². The second-order valence-corrected chi connectivity index (χ2v) is 2.48. The number of aromatic nitrogens is 1. The van der Waals surface area contributed by atoms with E-state index in [2.05, 4.69) is 4.98 Å². The SMILES string of the molecule is NCc1cnc(C(F)(F)F)c(N)c1. The molecule has 0 aliphatic rings. The van der Waals surface area contributed by atoms with Gasteiger partial charge in [-0.15, -0.1) is 0 Å². The minimum absolute atomic E-state index is 0.120. The van der Waals surface area contributed by atoms with Crippen molar-refractivity contribution in [3.63, 3.8) is 0 Å². The van der Waals surface area contributed by atoms with Crippen molar-refractivity contribution in [3.05, 3.63) is 23.5 Å². The molecule has 72 valence electrons. The molecular formula is C7H8F3N3. The maximum atomic E-state index is 12.1. The molecule has 3 nitrogen and oxygen atoms in total. The summed E-state index contributed by atoms with van der Waals surface area (Å²) < 4.78 is 36.3. The first-order valence-corrected chi connectivity index (χ1v) is 3.47. The average Bonchev–Trinajstić information content (AvgIpc) is 2.01. The summed E-state index contributed by atoms with van der Waals surface area (Å²) >= 11 is 0. The molecule has 0 fully saturated rings. The number of nitrogen functional groups attached to an aromatic ring is 1. The summed E-state index contributed by atoms with van der Waals surface area (Å²) in [5, 5.41) is 0. The summed E-state index contributed by atoms with van der Waals surface area (Å²) in [6.07, 6.45) is -3.43. The van der Waals surface area contributed by atoms with E-state index in [1.807, 2.05) is 0 Å². The van der Waals surface area contributed by atoms with Crippen LogP contribution < -0.4 is 11.5 Å². The zero-order valence-corrected chi connectivity index (χ0v) is 6.60. The highest BCUT2D eigenvalue weighted by Crippen LogP contribution is 2.31. The van der Waals surface area contributed by atoms with Gasteiger partial charge in [0.15, 0.2) is 5.69 Å². The highest BCUT2D eigenvalue weighted by Gasteiger charge is 2.34. The van der Waals surface area contributed by atoms with Crippen LogP contribution in [0, 0.1) is 0 Å². The van der Waals surface area contributed by atoms with Gasteiger partial charge in [0, 0.05) is 12.7 Å². The largest absolute Gasteiger partial charge is 0.435 e. The van der Waals surface area contributed by atoms with Crippen LogP contribution in [0.15, 0.2) is 12.3 Å². The Hall–Kier alpha value is -1.30. The van der Waals surface area contributed by atoms with Gasteiger partial charge in [-0.3, -0.25) is 0 Å². The normalized spacial score (nSPS) is 11.7. The van der Waals surface area contributed by atoms with E-state index in [0.717, 1.165) is 6.20 Å². The lowest BCUT2D eigenvalue weighted by Crippen LogP contribution is -2.12. The molecule has 0 aliphatic heterocycles. The molecule has 1 aromatic rings. The van der Waals surface area contributed by atoms with Gasteiger partial charge >= 0.3 is 6.18 Å². The van der Waals surface area contributed by atoms with Crippen LogP contribution in [0.2, 0.25) is 0 Å². The highest BCUT2D eigenvalue weighted by molar-refractivity contribution is 5.46. The molecule has 1 rings (SSSR count). The summed E-state index contributed by atoms with van der Waals surface area (Å²) in [5.74, 6) is 0. The fourth-order valence-electron chi connectivity index (χ4n) is 0.876. The van der Waals surface area contributed by atoms with Crippen LogP contribution in [0.3, 0.4) is 0 Å². The molecule has 0 unspecified atom stereocenters. The Kier molecular flexibility index (Phi) is 2.42. The fourth-order valence-corrected chi connectivity index (χ4v) is 0.876. The maximum Gasteiger partial charge on any atom is 0.435 e. The second kappa shape index (κ2) is 3.21. The number of alkyl halides is 3. The van der Waals surface area contributed by atoms with Crippen LogP contribution in [0.1, 0.15) is 11.3 Å². The van der Waals surface area contributed by atoms with Gasteiger partial charge in [-0.05, 0) is 11.6 Å². The third kappa shape index (κ3) is 2.09. The third-order valence-electron chi connectivity index (χ3n) is 1.48. The van der Waals surface area contributed by atoms with E-state index in [0.29, 0.717) is 5.56 Å². The molecule has 0 saturated heterocycles. The minimum atomic E-state index is -4.50. The maximum absolute atomic E-state index is 12.1. The lowest BCUT2D eigenvalue weighted by Gasteiger charge is -2.08. The smallest absolute Gasteiger partial charge is 0.397 e. The highest BCUT2D eigenvalue weighted by atomic mass is 19.4. The van der Waals surface area contributed by atoms with Gasteiger partial charge in [0.2, 0.25) is 0 Å². The topological polar surface area (TPSA) is 64.9 Å². The van der Waals surface area contributed by atoms with Crippen LogP contribution >= 0.6 is 0 Å². The Labute approximate surface area is 72.6 Å². The number of nitrogens with zero attached hydrogens (tertiary/aromatic N) is 1. The van der Waals surface area contributed by atoms with Gasteiger partial charge < -0.3 is 11.5 Å². The van der Waals surface area contributed by atoms with Gasteiger partial charge in [-0.1, -0.05) is 0 Å². The minimum Gasteiger partial charge on any atom is -0.397 e. The summed E-state index contributed by atoms with van der Waals surface area (Å²) in [6, 6.07) is 1.18. The van der Waals surface area contributed by atoms with Gasteiger partial charge in [-0.2, -0.15) is 13.2 Å². The molecule has 13 heavy (non-hydrogen) atoms. The lowest BCUT2D eigenvalue weighted by atomic mass is 10.2. The average molecular weight is 191 g/mol. The van der Waals surface area contributed by atoms with Crippen molar-refractivity contribution in [2.45, 2.75) is 12.7 Å². The van der Waals surface area contributed by atoms with Gasteiger partial charge in [-0.25, -0.2) is 4.98 Å². The summed E-state index contributed by atoms with van der Waals surface area (Å²) in [4.78, 5) is 3.19. The predicted molar refractivity (Wildman–Crippen MR) is 41.5 cm³/mol. The van der Waals surface area contributed by atoms with Crippen LogP contribution in [0.4, 0.5) is 18.9 Å².